The van der Waals surface area contributed by atoms with Crippen LogP contribution in [-0.2, 0) is 5.54 Å². The molecule has 1 atom stereocenters. The molecule has 1 unspecified atom stereocenters. The molecule has 0 aromatic heterocycles. The second-order valence-corrected chi connectivity index (χ2v) is 4.47. The quantitative estimate of drug-likeness (QED) is 0.682. The summed E-state index contributed by atoms with van der Waals surface area (Å²) < 4.78 is 5.64. The van der Waals surface area contributed by atoms with E-state index in [1.807, 2.05) is 0 Å². The average Bonchev–Trinajstić information content (AvgIpc) is 2.00. The third kappa shape index (κ3) is 1.40. The van der Waals surface area contributed by atoms with Gasteiger partial charge in [-0.05, 0) is 38.0 Å². The van der Waals surface area contributed by atoms with E-state index in [9.17, 15) is 0 Å². The molecule has 2 N–H and O–H groups in total. The van der Waals surface area contributed by atoms with Crippen LogP contribution in [0, 0.1) is 13.8 Å². The smallest absolute Gasteiger partial charge is 0.124 e. The molecule has 0 aliphatic carbocycles. The molecule has 2 heteroatoms. The fourth-order valence-electron chi connectivity index (χ4n) is 2.27. The van der Waals surface area contributed by atoms with Crippen LogP contribution in [0.5, 0.6) is 5.75 Å². The van der Waals surface area contributed by atoms with Crippen LogP contribution in [0.15, 0.2) is 12.1 Å². The van der Waals surface area contributed by atoms with Crippen molar-refractivity contribution in [2.24, 2.45) is 5.73 Å². The fourth-order valence-corrected chi connectivity index (χ4v) is 2.27. The Balaban J connectivity index is 2.63. The topological polar surface area (TPSA) is 35.2 Å². The Kier molecular flexibility index (Phi) is 2.04. The van der Waals surface area contributed by atoms with Crippen molar-refractivity contribution in [2.45, 2.75) is 32.7 Å². The highest BCUT2D eigenvalue weighted by Crippen LogP contribution is 2.37. The zero-order chi connectivity index (χ0) is 10.3. The Hall–Kier alpha value is -1.02. The normalized spacial score (nSPS) is 25.4. The summed E-state index contributed by atoms with van der Waals surface area (Å²) >= 11 is 0. The van der Waals surface area contributed by atoms with E-state index in [1.165, 1.54) is 16.7 Å². The molecule has 76 valence electrons. The first-order chi connectivity index (χ1) is 6.50. The molecule has 0 spiro atoms. The number of hydrogen-bond acceptors (Lipinski definition) is 2. The molecule has 14 heavy (non-hydrogen) atoms. The first kappa shape index (κ1) is 9.53. The SMILES string of the molecule is Cc1cc(C)c2c(c1)OCCC2(C)N. The lowest BCUT2D eigenvalue weighted by Crippen LogP contribution is -2.39. The molecule has 0 radical (unpaired) electrons. The lowest BCUT2D eigenvalue weighted by molar-refractivity contribution is 0.226. The summed E-state index contributed by atoms with van der Waals surface area (Å²) in [7, 11) is 0. The predicted octanol–water partition coefficient (Wildman–Crippen LogP) is 2.26. The van der Waals surface area contributed by atoms with Crippen LogP contribution in [0.3, 0.4) is 0 Å². The fraction of sp³-hybridized carbons (Fsp3) is 0.500. The van der Waals surface area contributed by atoms with Crippen LogP contribution < -0.4 is 10.5 Å². The van der Waals surface area contributed by atoms with Crippen molar-refractivity contribution in [3.63, 3.8) is 0 Å². The molecule has 0 saturated carbocycles. The van der Waals surface area contributed by atoms with Gasteiger partial charge in [-0.25, -0.2) is 0 Å². The first-order valence-electron chi connectivity index (χ1n) is 5.04. The van der Waals surface area contributed by atoms with Crippen LogP contribution in [0.4, 0.5) is 0 Å². The number of nitrogens with two attached hydrogens (primary N) is 1. The minimum atomic E-state index is -0.231. The summed E-state index contributed by atoms with van der Waals surface area (Å²) in [5, 5.41) is 0. The van der Waals surface area contributed by atoms with Crippen molar-refractivity contribution in [3.05, 3.63) is 28.8 Å². The Morgan fingerprint density at radius 1 is 1.36 bits per heavy atom. The highest BCUT2D eigenvalue weighted by atomic mass is 16.5. The van der Waals surface area contributed by atoms with Crippen LogP contribution in [-0.4, -0.2) is 6.61 Å². The summed E-state index contributed by atoms with van der Waals surface area (Å²) in [5.41, 5.74) is 9.68. The van der Waals surface area contributed by atoms with Crippen LogP contribution in [0.2, 0.25) is 0 Å². The van der Waals surface area contributed by atoms with E-state index in [-0.39, 0.29) is 5.54 Å². The summed E-state index contributed by atoms with van der Waals surface area (Å²) in [4.78, 5) is 0. The molecule has 1 aliphatic rings. The lowest BCUT2D eigenvalue weighted by atomic mass is 9.84. The van der Waals surface area contributed by atoms with Crippen LogP contribution in [0.25, 0.3) is 0 Å². The molecule has 0 fully saturated rings. The van der Waals surface area contributed by atoms with E-state index < -0.39 is 0 Å². The van der Waals surface area contributed by atoms with E-state index in [2.05, 4.69) is 32.9 Å². The van der Waals surface area contributed by atoms with Crippen molar-refractivity contribution < 1.29 is 4.74 Å². The maximum Gasteiger partial charge on any atom is 0.124 e. The molecule has 1 heterocycles. The van der Waals surface area contributed by atoms with Crippen molar-refractivity contribution >= 4 is 0 Å². The molecule has 1 aromatic rings. The van der Waals surface area contributed by atoms with Crippen molar-refractivity contribution in [3.8, 4) is 5.75 Å². The van der Waals surface area contributed by atoms with Gasteiger partial charge in [0.1, 0.15) is 5.75 Å². The van der Waals surface area contributed by atoms with E-state index in [4.69, 9.17) is 10.5 Å². The van der Waals surface area contributed by atoms with Gasteiger partial charge in [-0.1, -0.05) is 6.07 Å². The number of rotatable bonds is 0. The van der Waals surface area contributed by atoms with Crippen molar-refractivity contribution in [1.29, 1.82) is 0 Å². The lowest BCUT2D eigenvalue weighted by Gasteiger charge is -2.34. The second-order valence-electron chi connectivity index (χ2n) is 4.47. The number of fused-ring (bicyclic) bond motifs is 1. The highest BCUT2D eigenvalue weighted by Gasteiger charge is 2.30. The molecule has 0 saturated heterocycles. The second kappa shape index (κ2) is 2.99. The molecular formula is C12H17NO. The summed E-state index contributed by atoms with van der Waals surface area (Å²) in [5.74, 6) is 0.971. The predicted molar refractivity (Wildman–Crippen MR) is 57.6 cm³/mol. The molecule has 0 amide bonds. The standard InChI is InChI=1S/C12H17NO/c1-8-6-9(2)11-10(7-8)14-5-4-12(11,3)13/h6-7H,4-5,13H2,1-3H3. The van der Waals surface area contributed by atoms with Crippen molar-refractivity contribution in [1.82, 2.24) is 0 Å². The van der Waals surface area contributed by atoms with Crippen LogP contribution in [0.1, 0.15) is 30.0 Å². The molecule has 0 bridgehead atoms. The van der Waals surface area contributed by atoms with E-state index in [0.717, 1.165) is 18.8 Å². The van der Waals surface area contributed by atoms with E-state index in [1.54, 1.807) is 0 Å². The molecule has 1 aromatic carbocycles. The van der Waals surface area contributed by atoms with Gasteiger partial charge in [0.25, 0.3) is 0 Å². The number of hydrogen-bond donors (Lipinski definition) is 1. The van der Waals surface area contributed by atoms with Gasteiger partial charge in [0, 0.05) is 17.5 Å². The minimum absolute atomic E-state index is 0.231. The largest absolute Gasteiger partial charge is 0.493 e. The third-order valence-corrected chi connectivity index (χ3v) is 2.89. The van der Waals surface area contributed by atoms with Crippen LogP contribution >= 0.6 is 0 Å². The van der Waals surface area contributed by atoms with Crippen molar-refractivity contribution in [2.75, 3.05) is 6.61 Å². The molecule has 2 nitrogen and oxygen atoms in total. The van der Waals surface area contributed by atoms with Gasteiger partial charge in [-0.2, -0.15) is 0 Å². The van der Waals surface area contributed by atoms with E-state index >= 15 is 0 Å². The maximum absolute atomic E-state index is 6.26. The average molecular weight is 191 g/mol. The van der Waals surface area contributed by atoms with Gasteiger partial charge >= 0.3 is 0 Å². The molecule has 2 rings (SSSR count). The van der Waals surface area contributed by atoms with Gasteiger partial charge in [-0.3, -0.25) is 0 Å². The Bertz CT molecular complexity index is 369. The Morgan fingerprint density at radius 3 is 2.79 bits per heavy atom. The number of aryl methyl sites for hydroxylation is 2. The van der Waals surface area contributed by atoms with E-state index in [0.29, 0.717) is 0 Å². The zero-order valence-corrected chi connectivity index (χ0v) is 9.05. The first-order valence-corrected chi connectivity index (χ1v) is 5.04. The summed E-state index contributed by atoms with van der Waals surface area (Å²) in [6.07, 6.45) is 0.893. The van der Waals surface area contributed by atoms with Gasteiger partial charge in [0.15, 0.2) is 0 Å². The summed E-state index contributed by atoms with van der Waals surface area (Å²) in [6, 6.07) is 4.24. The molecule has 1 aliphatic heterocycles. The monoisotopic (exact) mass is 191 g/mol. The Labute approximate surface area is 85.1 Å². The van der Waals surface area contributed by atoms with Gasteiger partial charge in [0.2, 0.25) is 0 Å². The number of benzene rings is 1. The minimum Gasteiger partial charge on any atom is -0.493 e. The van der Waals surface area contributed by atoms with Gasteiger partial charge in [-0.15, -0.1) is 0 Å². The number of ether oxygens (including phenoxy) is 1. The van der Waals surface area contributed by atoms with Gasteiger partial charge in [0.05, 0.1) is 6.61 Å². The zero-order valence-electron chi connectivity index (χ0n) is 9.05. The summed E-state index contributed by atoms with van der Waals surface area (Å²) in [6.45, 7) is 6.99. The highest BCUT2D eigenvalue weighted by molar-refractivity contribution is 5.48. The third-order valence-electron chi connectivity index (χ3n) is 2.89. The Morgan fingerprint density at radius 2 is 2.07 bits per heavy atom. The molecular weight excluding hydrogens is 174 g/mol. The van der Waals surface area contributed by atoms with Gasteiger partial charge < -0.3 is 10.5 Å². The maximum atomic E-state index is 6.26.